The Morgan fingerprint density at radius 3 is 2.56 bits per heavy atom. The highest BCUT2D eigenvalue weighted by atomic mass is 79.9. The van der Waals surface area contributed by atoms with Crippen molar-refractivity contribution in [1.82, 2.24) is 10.2 Å². The number of hydrogen-bond acceptors (Lipinski definition) is 4. The average molecular weight is 424 g/mol. The molecule has 1 fully saturated rings. The minimum absolute atomic E-state index is 0.266. The van der Waals surface area contributed by atoms with Crippen LogP contribution in [0.3, 0.4) is 0 Å². The van der Waals surface area contributed by atoms with Crippen LogP contribution in [0.1, 0.15) is 39.2 Å². The first kappa shape index (κ1) is 18.3. The average Bonchev–Trinajstić information content (AvgIpc) is 2.83. The maximum atomic E-state index is 12.2. The molecule has 25 heavy (non-hydrogen) atoms. The summed E-state index contributed by atoms with van der Waals surface area (Å²) in [4.78, 5) is 19.6. The van der Waals surface area contributed by atoms with Crippen molar-refractivity contribution in [2.75, 3.05) is 13.1 Å². The van der Waals surface area contributed by atoms with E-state index in [-0.39, 0.29) is 6.09 Å². The lowest BCUT2D eigenvalue weighted by Crippen LogP contribution is -2.52. The third-order valence-corrected chi connectivity index (χ3v) is 5.25. The molecule has 2 aliphatic heterocycles. The first-order valence-corrected chi connectivity index (χ1v) is 9.54. The van der Waals surface area contributed by atoms with Crippen LogP contribution in [-0.2, 0) is 4.74 Å². The van der Waals surface area contributed by atoms with E-state index in [1.807, 2.05) is 45.0 Å². The van der Waals surface area contributed by atoms with Crippen LogP contribution in [0, 0.1) is 0 Å². The van der Waals surface area contributed by atoms with Crippen LogP contribution in [0.4, 0.5) is 4.79 Å². The van der Waals surface area contributed by atoms with E-state index in [1.54, 1.807) is 4.90 Å². The Balaban J connectivity index is 1.73. The fourth-order valence-corrected chi connectivity index (χ4v) is 3.84. The maximum Gasteiger partial charge on any atom is 0.410 e. The Kier molecular flexibility index (Phi) is 4.90. The van der Waals surface area contributed by atoms with Crippen molar-refractivity contribution in [1.29, 1.82) is 0 Å². The Hall–Kier alpha value is -1.47. The standard InChI is InChI=1S/C18H22BrN3O2S/c1-17(2,3)24-16(23)22-10-8-18(9-11-22)20-14(15(25)21-18)12-6-4-5-7-13(12)19/h4-7H,8-11H2,1-3H3,(H,21,25). The second-order valence-electron chi connectivity index (χ2n) is 7.39. The number of carbonyl (C=O) groups is 1. The Labute approximate surface area is 162 Å². The van der Waals surface area contributed by atoms with Crippen LogP contribution in [-0.4, -0.2) is 46.0 Å². The van der Waals surface area contributed by atoms with Gasteiger partial charge in [0.05, 0.1) is 0 Å². The summed E-state index contributed by atoms with van der Waals surface area (Å²) in [5.74, 6) is 0. The Bertz CT molecular complexity index is 734. The van der Waals surface area contributed by atoms with Gasteiger partial charge in [0.1, 0.15) is 22.0 Å². The summed E-state index contributed by atoms with van der Waals surface area (Å²) in [7, 11) is 0. The lowest BCUT2D eigenvalue weighted by atomic mass is 9.98. The number of piperidine rings is 1. The predicted octanol–water partition coefficient (Wildman–Crippen LogP) is 3.90. The minimum Gasteiger partial charge on any atom is -0.444 e. The summed E-state index contributed by atoms with van der Waals surface area (Å²) in [5.41, 5.74) is 0.907. The van der Waals surface area contributed by atoms with E-state index in [4.69, 9.17) is 21.9 Å². The van der Waals surface area contributed by atoms with Gasteiger partial charge >= 0.3 is 6.09 Å². The van der Waals surface area contributed by atoms with Crippen LogP contribution in [0.5, 0.6) is 0 Å². The first-order chi connectivity index (χ1) is 11.7. The number of halogens is 1. The molecule has 2 heterocycles. The third-order valence-electron chi connectivity index (χ3n) is 4.26. The second-order valence-corrected chi connectivity index (χ2v) is 8.66. The highest BCUT2D eigenvalue weighted by Gasteiger charge is 2.42. The lowest BCUT2D eigenvalue weighted by Gasteiger charge is -2.38. The largest absolute Gasteiger partial charge is 0.444 e. The zero-order valence-electron chi connectivity index (χ0n) is 14.6. The van der Waals surface area contributed by atoms with Gasteiger partial charge in [-0.1, -0.05) is 46.3 Å². The minimum atomic E-state index is -0.482. The number of nitrogens with zero attached hydrogens (tertiary/aromatic N) is 2. The van der Waals surface area contributed by atoms with Crippen molar-refractivity contribution in [3.05, 3.63) is 34.3 Å². The van der Waals surface area contributed by atoms with Gasteiger partial charge in [-0.05, 0) is 26.8 Å². The van der Waals surface area contributed by atoms with Gasteiger partial charge in [0.2, 0.25) is 0 Å². The highest BCUT2D eigenvalue weighted by molar-refractivity contribution is 9.10. The molecule has 0 bridgehead atoms. The van der Waals surface area contributed by atoms with Crippen molar-refractivity contribution in [3.8, 4) is 0 Å². The number of hydrogen-bond donors (Lipinski definition) is 1. The molecule has 1 amide bonds. The Morgan fingerprint density at radius 2 is 1.96 bits per heavy atom. The molecule has 5 nitrogen and oxygen atoms in total. The predicted molar refractivity (Wildman–Crippen MR) is 106 cm³/mol. The molecule has 3 rings (SSSR count). The molecule has 1 N–H and O–H groups in total. The lowest BCUT2D eigenvalue weighted by molar-refractivity contribution is 0.0165. The molecule has 0 saturated carbocycles. The number of aliphatic imine (C=N–C) groups is 1. The number of amides is 1. The summed E-state index contributed by atoms with van der Waals surface area (Å²) in [6.45, 7) is 6.82. The number of rotatable bonds is 1. The molecule has 134 valence electrons. The summed E-state index contributed by atoms with van der Waals surface area (Å²) in [5, 5.41) is 3.38. The van der Waals surface area contributed by atoms with Gasteiger partial charge in [-0.25, -0.2) is 4.79 Å². The van der Waals surface area contributed by atoms with Crippen molar-refractivity contribution in [2.45, 2.75) is 44.9 Å². The molecule has 1 aromatic carbocycles. The maximum absolute atomic E-state index is 12.2. The molecular formula is C18H22BrN3O2S. The van der Waals surface area contributed by atoms with Gasteiger partial charge in [0, 0.05) is 36.0 Å². The van der Waals surface area contributed by atoms with E-state index < -0.39 is 11.3 Å². The molecule has 0 aliphatic carbocycles. The topological polar surface area (TPSA) is 53.9 Å². The monoisotopic (exact) mass is 423 g/mol. The fourth-order valence-electron chi connectivity index (χ4n) is 3.02. The fraction of sp³-hybridized carbons (Fsp3) is 0.500. The number of nitrogens with one attached hydrogen (secondary N) is 1. The van der Waals surface area contributed by atoms with Crippen LogP contribution < -0.4 is 5.32 Å². The van der Waals surface area contributed by atoms with Crippen molar-refractivity contribution < 1.29 is 9.53 Å². The van der Waals surface area contributed by atoms with E-state index in [9.17, 15) is 4.79 Å². The quantitative estimate of drug-likeness (QED) is 0.695. The van der Waals surface area contributed by atoms with E-state index in [0.717, 1.165) is 15.7 Å². The highest BCUT2D eigenvalue weighted by Crippen LogP contribution is 2.31. The molecule has 1 saturated heterocycles. The SMILES string of the molecule is CC(C)(C)OC(=O)N1CCC2(CC1)N=C(c1ccccc1Br)C(=S)N2. The van der Waals surface area contributed by atoms with Crippen molar-refractivity contribution in [2.24, 2.45) is 4.99 Å². The summed E-state index contributed by atoms with van der Waals surface area (Å²) >= 11 is 9.09. The third kappa shape index (κ3) is 4.03. The van der Waals surface area contributed by atoms with Gasteiger partial charge in [-0.2, -0.15) is 0 Å². The zero-order chi connectivity index (χ0) is 18.2. The van der Waals surface area contributed by atoms with E-state index in [1.165, 1.54) is 0 Å². The second kappa shape index (κ2) is 6.68. The van der Waals surface area contributed by atoms with Gasteiger partial charge in [0.25, 0.3) is 0 Å². The Morgan fingerprint density at radius 1 is 1.32 bits per heavy atom. The molecule has 2 aliphatic rings. The first-order valence-electron chi connectivity index (χ1n) is 8.34. The molecule has 0 aromatic heterocycles. The van der Waals surface area contributed by atoms with E-state index >= 15 is 0 Å². The van der Waals surface area contributed by atoms with Crippen LogP contribution in [0.2, 0.25) is 0 Å². The van der Waals surface area contributed by atoms with Gasteiger partial charge in [-0.3, -0.25) is 4.99 Å². The smallest absolute Gasteiger partial charge is 0.410 e. The number of carbonyl (C=O) groups excluding carboxylic acids is 1. The molecule has 0 atom stereocenters. The molecule has 0 radical (unpaired) electrons. The summed E-state index contributed by atoms with van der Waals surface area (Å²) in [6, 6.07) is 7.93. The zero-order valence-corrected chi connectivity index (χ0v) is 17.0. The van der Waals surface area contributed by atoms with Gasteiger partial charge in [0.15, 0.2) is 0 Å². The van der Waals surface area contributed by atoms with E-state index in [2.05, 4.69) is 21.2 Å². The van der Waals surface area contributed by atoms with Crippen molar-refractivity contribution >= 4 is 44.9 Å². The number of ether oxygens (including phenoxy) is 1. The normalized spacial score (nSPS) is 19.6. The molecule has 1 spiro atoms. The van der Waals surface area contributed by atoms with Gasteiger partial charge < -0.3 is 15.0 Å². The number of benzene rings is 1. The molecule has 1 aromatic rings. The van der Waals surface area contributed by atoms with Crippen LogP contribution in [0.15, 0.2) is 33.7 Å². The van der Waals surface area contributed by atoms with Crippen LogP contribution in [0.25, 0.3) is 0 Å². The molecular weight excluding hydrogens is 402 g/mol. The molecule has 7 heteroatoms. The van der Waals surface area contributed by atoms with Crippen molar-refractivity contribution in [3.63, 3.8) is 0 Å². The van der Waals surface area contributed by atoms with Crippen LogP contribution >= 0.6 is 28.1 Å². The molecule has 0 unspecified atom stereocenters. The summed E-state index contributed by atoms with van der Waals surface area (Å²) < 4.78 is 6.43. The number of likely N-dealkylation sites (tertiary alicyclic amines) is 1. The van der Waals surface area contributed by atoms with Gasteiger partial charge in [-0.15, -0.1) is 0 Å². The van der Waals surface area contributed by atoms with E-state index in [0.29, 0.717) is 30.9 Å². The summed E-state index contributed by atoms with van der Waals surface area (Å²) in [6.07, 6.45) is 1.15. The number of thiocarbonyl (C=S) groups is 1.